The van der Waals surface area contributed by atoms with Gasteiger partial charge in [-0.3, -0.25) is 4.79 Å². The highest BCUT2D eigenvalue weighted by Gasteiger charge is 2.26. The van der Waals surface area contributed by atoms with Gasteiger partial charge in [-0.1, -0.05) is 30.5 Å². The SMILES string of the molecule is Cc1ccc(C(=O)NC2CCCCC2CCl)cc1Cl. The van der Waals surface area contributed by atoms with Crippen LogP contribution in [0.3, 0.4) is 0 Å². The van der Waals surface area contributed by atoms with Gasteiger partial charge in [-0.05, 0) is 43.4 Å². The van der Waals surface area contributed by atoms with Crippen LogP contribution >= 0.6 is 23.2 Å². The Bertz CT molecular complexity index is 461. The van der Waals surface area contributed by atoms with Crippen LogP contribution in [0, 0.1) is 12.8 Å². The molecule has 0 bridgehead atoms. The van der Waals surface area contributed by atoms with Crippen LogP contribution in [0.4, 0.5) is 0 Å². The number of carbonyl (C=O) groups excluding carboxylic acids is 1. The summed E-state index contributed by atoms with van der Waals surface area (Å²) in [6.45, 7) is 1.93. The van der Waals surface area contributed by atoms with Crippen LogP contribution in [0.5, 0.6) is 0 Å². The second kappa shape index (κ2) is 6.62. The third kappa shape index (κ3) is 3.64. The fourth-order valence-electron chi connectivity index (χ4n) is 2.57. The molecule has 1 N–H and O–H groups in total. The molecule has 1 saturated carbocycles. The quantitative estimate of drug-likeness (QED) is 0.834. The maximum absolute atomic E-state index is 12.2. The zero-order valence-electron chi connectivity index (χ0n) is 11.1. The van der Waals surface area contributed by atoms with Crippen LogP contribution < -0.4 is 5.32 Å². The lowest BCUT2D eigenvalue weighted by molar-refractivity contribution is 0.0911. The number of benzene rings is 1. The second-order valence-electron chi connectivity index (χ2n) is 5.24. The molecular weight excluding hydrogens is 281 g/mol. The van der Waals surface area contributed by atoms with Crippen molar-refractivity contribution in [2.45, 2.75) is 38.6 Å². The number of hydrogen-bond acceptors (Lipinski definition) is 1. The number of carbonyl (C=O) groups is 1. The molecule has 2 atom stereocenters. The van der Waals surface area contributed by atoms with E-state index in [1.54, 1.807) is 6.07 Å². The van der Waals surface area contributed by atoms with Crippen molar-refractivity contribution in [1.82, 2.24) is 5.32 Å². The minimum absolute atomic E-state index is 0.0519. The van der Waals surface area contributed by atoms with Gasteiger partial charge in [-0.25, -0.2) is 0 Å². The van der Waals surface area contributed by atoms with E-state index in [0.717, 1.165) is 24.8 Å². The normalized spacial score (nSPS) is 23.1. The fourth-order valence-corrected chi connectivity index (χ4v) is 3.12. The van der Waals surface area contributed by atoms with E-state index < -0.39 is 0 Å². The van der Waals surface area contributed by atoms with Crippen LogP contribution in [0.15, 0.2) is 18.2 Å². The average molecular weight is 300 g/mol. The van der Waals surface area contributed by atoms with E-state index in [1.165, 1.54) is 6.42 Å². The van der Waals surface area contributed by atoms with Gasteiger partial charge in [0.25, 0.3) is 5.91 Å². The molecule has 0 saturated heterocycles. The van der Waals surface area contributed by atoms with Gasteiger partial charge in [0.05, 0.1) is 0 Å². The first kappa shape index (κ1) is 14.7. The van der Waals surface area contributed by atoms with Crippen LogP contribution in [0.25, 0.3) is 0 Å². The predicted octanol–water partition coefficient (Wildman–Crippen LogP) is 4.18. The van der Waals surface area contributed by atoms with Crippen molar-refractivity contribution in [2.75, 3.05) is 5.88 Å². The summed E-state index contributed by atoms with van der Waals surface area (Å²) >= 11 is 12.0. The minimum atomic E-state index is -0.0519. The smallest absolute Gasteiger partial charge is 0.251 e. The molecule has 0 aliphatic heterocycles. The second-order valence-corrected chi connectivity index (χ2v) is 5.96. The number of alkyl halides is 1. The lowest BCUT2D eigenvalue weighted by atomic mass is 9.85. The summed E-state index contributed by atoms with van der Waals surface area (Å²) in [5.74, 6) is 0.948. The van der Waals surface area contributed by atoms with Gasteiger partial charge in [0, 0.05) is 22.5 Å². The van der Waals surface area contributed by atoms with Gasteiger partial charge in [0.1, 0.15) is 0 Å². The Balaban J connectivity index is 2.05. The summed E-state index contributed by atoms with van der Waals surface area (Å²) in [5, 5.41) is 3.73. The molecule has 2 nitrogen and oxygen atoms in total. The lowest BCUT2D eigenvalue weighted by Gasteiger charge is -2.30. The molecule has 0 heterocycles. The van der Waals surface area contributed by atoms with Gasteiger partial charge in [0.2, 0.25) is 0 Å². The van der Waals surface area contributed by atoms with E-state index in [4.69, 9.17) is 23.2 Å². The predicted molar refractivity (Wildman–Crippen MR) is 80.1 cm³/mol. The third-order valence-electron chi connectivity index (χ3n) is 3.86. The Labute approximate surface area is 124 Å². The molecule has 1 fully saturated rings. The highest BCUT2D eigenvalue weighted by atomic mass is 35.5. The molecule has 104 valence electrons. The van der Waals surface area contributed by atoms with Crippen LogP contribution in [0.2, 0.25) is 5.02 Å². The van der Waals surface area contributed by atoms with Crippen molar-refractivity contribution in [2.24, 2.45) is 5.92 Å². The van der Waals surface area contributed by atoms with E-state index in [9.17, 15) is 4.79 Å². The van der Waals surface area contributed by atoms with Gasteiger partial charge in [-0.15, -0.1) is 11.6 Å². The number of aryl methyl sites for hydroxylation is 1. The molecule has 2 rings (SSSR count). The first-order valence-corrected chi connectivity index (χ1v) is 7.66. The molecule has 0 spiro atoms. The van der Waals surface area contributed by atoms with E-state index >= 15 is 0 Å². The van der Waals surface area contributed by atoms with Gasteiger partial charge < -0.3 is 5.32 Å². The molecule has 1 aliphatic rings. The largest absolute Gasteiger partial charge is 0.349 e. The summed E-state index contributed by atoms with van der Waals surface area (Å²) in [4.78, 5) is 12.2. The van der Waals surface area contributed by atoms with Crippen LogP contribution in [0.1, 0.15) is 41.6 Å². The third-order valence-corrected chi connectivity index (χ3v) is 4.66. The van der Waals surface area contributed by atoms with Crippen molar-refractivity contribution in [1.29, 1.82) is 0 Å². The Morgan fingerprint density at radius 2 is 2.11 bits per heavy atom. The molecular formula is C15H19Cl2NO. The molecule has 1 aliphatic carbocycles. The molecule has 0 radical (unpaired) electrons. The summed E-state index contributed by atoms with van der Waals surface area (Å²) < 4.78 is 0. The summed E-state index contributed by atoms with van der Waals surface area (Å²) in [6.07, 6.45) is 4.49. The van der Waals surface area contributed by atoms with E-state index in [2.05, 4.69) is 5.32 Å². The number of amides is 1. The van der Waals surface area contributed by atoms with Crippen molar-refractivity contribution in [3.05, 3.63) is 34.3 Å². The van der Waals surface area contributed by atoms with Crippen molar-refractivity contribution < 1.29 is 4.79 Å². The fraction of sp³-hybridized carbons (Fsp3) is 0.533. The maximum Gasteiger partial charge on any atom is 0.251 e. The molecule has 0 aromatic heterocycles. The first-order chi connectivity index (χ1) is 9.11. The summed E-state index contributed by atoms with van der Waals surface area (Å²) in [7, 11) is 0. The Hall–Kier alpha value is -0.730. The van der Waals surface area contributed by atoms with Crippen molar-refractivity contribution in [3.8, 4) is 0 Å². The monoisotopic (exact) mass is 299 g/mol. The number of nitrogens with one attached hydrogen (secondary N) is 1. The highest BCUT2D eigenvalue weighted by molar-refractivity contribution is 6.31. The van der Waals surface area contributed by atoms with Gasteiger partial charge >= 0.3 is 0 Å². The lowest BCUT2D eigenvalue weighted by Crippen LogP contribution is -2.42. The molecule has 2 unspecified atom stereocenters. The van der Waals surface area contributed by atoms with Gasteiger partial charge in [0.15, 0.2) is 0 Å². The van der Waals surface area contributed by atoms with Crippen LogP contribution in [-0.2, 0) is 0 Å². The number of hydrogen-bond donors (Lipinski definition) is 1. The molecule has 1 amide bonds. The molecule has 19 heavy (non-hydrogen) atoms. The topological polar surface area (TPSA) is 29.1 Å². The van der Waals surface area contributed by atoms with Gasteiger partial charge in [-0.2, -0.15) is 0 Å². The van der Waals surface area contributed by atoms with Crippen LogP contribution in [-0.4, -0.2) is 17.8 Å². The summed E-state index contributed by atoms with van der Waals surface area (Å²) in [5.41, 5.74) is 1.60. The zero-order chi connectivity index (χ0) is 13.8. The Morgan fingerprint density at radius 3 is 2.79 bits per heavy atom. The first-order valence-electron chi connectivity index (χ1n) is 6.75. The van der Waals surface area contributed by atoms with E-state index in [0.29, 0.717) is 22.4 Å². The maximum atomic E-state index is 12.2. The number of rotatable bonds is 3. The zero-order valence-corrected chi connectivity index (χ0v) is 12.6. The average Bonchev–Trinajstić information content (AvgIpc) is 2.42. The number of halogens is 2. The standard InChI is InChI=1S/C15H19Cl2NO/c1-10-6-7-11(8-13(10)17)15(19)18-14-5-3-2-4-12(14)9-16/h6-8,12,14H,2-5,9H2,1H3,(H,18,19). The Morgan fingerprint density at radius 1 is 1.37 bits per heavy atom. The van der Waals surface area contributed by atoms with E-state index in [1.807, 2.05) is 19.1 Å². The summed E-state index contributed by atoms with van der Waals surface area (Å²) in [6, 6.07) is 5.61. The highest BCUT2D eigenvalue weighted by Crippen LogP contribution is 2.26. The van der Waals surface area contributed by atoms with Crippen molar-refractivity contribution >= 4 is 29.1 Å². The molecule has 4 heteroatoms. The van der Waals surface area contributed by atoms with Crippen molar-refractivity contribution in [3.63, 3.8) is 0 Å². The minimum Gasteiger partial charge on any atom is -0.349 e. The van der Waals surface area contributed by atoms with E-state index in [-0.39, 0.29) is 11.9 Å². The Kier molecular flexibility index (Phi) is 5.12. The molecule has 1 aromatic rings. The molecule has 1 aromatic carbocycles.